The van der Waals surface area contributed by atoms with Crippen LogP contribution in [-0.4, -0.2) is 64.5 Å². The molecule has 1 aliphatic heterocycles. The first-order valence-electron chi connectivity index (χ1n) is 13.4. The van der Waals surface area contributed by atoms with E-state index in [1.165, 1.54) is 22.1 Å². The lowest BCUT2D eigenvalue weighted by molar-refractivity contribution is -0.117. The van der Waals surface area contributed by atoms with Crippen molar-refractivity contribution in [3.63, 3.8) is 0 Å². The SMILES string of the molecule is CC(=O)NC#N.COc1ccc(CS[C@@H]2C[C@@H](Cn3nnc(C(N)=O)c3N)N(S(=O)(=O)c3ccc4ccccc4c3)C2)cc1. The molecule has 0 saturated carbocycles. The molecule has 230 valence electrons. The second-order valence-corrected chi connectivity index (χ2v) is 13.1. The molecular formula is C29H32N8O5S2. The number of carbonyl (C=O) groups is 2. The molecule has 3 aromatic carbocycles. The van der Waals surface area contributed by atoms with E-state index in [1.807, 2.05) is 59.9 Å². The van der Waals surface area contributed by atoms with E-state index in [2.05, 4.69) is 10.3 Å². The van der Waals surface area contributed by atoms with Crippen molar-refractivity contribution in [1.29, 1.82) is 5.26 Å². The summed E-state index contributed by atoms with van der Waals surface area (Å²) in [5.74, 6) is 0.428. The van der Waals surface area contributed by atoms with Crippen molar-refractivity contribution in [1.82, 2.24) is 24.6 Å². The number of benzene rings is 3. The van der Waals surface area contributed by atoms with E-state index in [1.54, 1.807) is 31.0 Å². The Hall–Kier alpha value is -4.65. The highest BCUT2D eigenvalue weighted by atomic mass is 32.2. The van der Waals surface area contributed by atoms with Crippen LogP contribution in [0, 0.1) is 11.5 Å². The number of nitriles is 1. The highest BCUT2D eigenvalue weighted by molar-refractivity contribution is 7.99. The monoisotopic (exact) mass is 636 g/mol. The lowest BCUT2D eigenvalue weighted by Crippen LogP contribution is -2.38. The van der Waals surface area contributed by atoms with Crippen LogP contribution in [-0.2, 0) is 27.1 Å². The van der Waals surface area contributed by atoms with E-state index in [0.717, 1.165) is 27.8 Å². The molecule has 2 amide bonds. The summed E-state index contributed by atoms with van der Waals surface area (Å²) < 4.78 is 35.9. The number of sulfonamides is 1. The van der Waals surface area contributed by atoms with Gasteiger partial charge in [0.1, 0.15) is 5.75 Å². The Labute approximate surface area is 259 Å². The summed E-state index contributed by atoms with van der Waals surface area (Å²) in [6.07, 6.45) is 2.05. The number of nitrogens with zero attached hydrogens (tertiary/aromatic N) is 5. The van der Waals surface area contributed by atoms with E-state index in [9.17, 15) is 18.0 Å². The molecule has 2 atom stereocenters. The van der Waals surface area contributed by atoms with Gasteiger partial charge in [-0.15, -0.1) is 5.10 Å². The molecule has 5 rings (SSSR count). The van der Waals surface area contributed by atoms with Crippen molar-refractivity contribution in [2.75, 3.05) is 19.4 Å². The zero-order valence-corrected chi connectivity index (χ0v) is 25.7. The van der Waals surface area contributed by atoms with Gasteiger partial charge < -0.3 is 16.2 Å². The molecule has 1 saturated heterocycles. The number of anilines is 1. The molecule has 1 aromatic heterocycles. The zero-order chi connectivity index (χ0) is 31.9. The van der Waals surface area contributed by atoms with Gasteiger partial charge in [0.25, 0.3) is 5.91 Å². The molecule has 2 heterocycles. The topological polar surface area (TPSA) is 199 Å². The predicted molar refractivity (Wildman–Crippen MR) is 167 cm³/mol. The van der Waals surface area contributed by atoms with Crippen LogP contribution in [0.2, 0.25) is 0 Å². The van der Waals surface area contributed by atoms with Crippen molar-refractivity contribution in [3.8, 4) is 11.9 Å². The highest BCUT2D eigenvalue weighted by Crippen LogP contribution is 2.35. The van der Waals surface area contributed by atoms with E-state index in [4.69, 9.17) is 21.5 Å². The summed E-state index contributed by atoms with van der Waals surface area (Å²) in [6, 6.07) is 20.2. The third kappa shape index (κ3) is 7.64. The molecule has 4 aromatic rings. The molecular weight excluding hydrogens is 605 g/mol. The van der Waals surface area contributed by atoms with Gasteiger partial charge in [0, 0.05) is 30.5 Å². The second-order valence-electron chi connectivity index (χ2n) is 9.92. The number of nitrogen functional groups attached to an aromatic ring is 1. The third-order valence-corrected chi connectivity index (χ3v) is 10.1. The van der Waals surface area contributed by atoms with Gasteiger partial charge in [-0.25, -0.2) is 13.1 Å². The van der Waals surface area contributed by atoms with Crippen molar-refractivity contribution in [3.05, 3.63) is 78.0 Å². The van der Waals surface area contributed by atoms with Gasteiger partial charge in [-0.3, -0.25) is 14.9 Å². The first-order valence-corrected chi connectivity index (χ1v) is 15.9. The minimum absolute atomic E-state index is 0.0230. The Kier molecular flexibility index (Phi) is 10.4. The number of amides is 2. The normalized spacial score (nSPS) is 16.5. The van der Waals surface area contributed by atoms with Crippen LogP contribution in [0.15, 0.2) is 71.6 Å². The molecule has 1 fully saturated rings. The molecule has 0 unspecified atom stereocenters. The minimum Gasteiger partial charge on any atom is -0.497 e. The summed E-state index contributed by atoms with van der Waals surface area (Å²) in [6.45, 7) is 1.76. The number of nitrogens with one attached hydrogen (secondary N) is 1. The molecule has 0 aliphatic carbocycles. The van der Waals surface area contributed by atoms with E-state index >= 15 is 0 Å². The average molecular weight is 637 g/mol. The minimum atomic E-state index is -3.84. The molecule has 44 heavy (non-hydrogen) atoms. The number of hydrogen-bond acceptors (Lipinski definition) is 10. The molecule has 5 N–H and O–H groups in total. The Morgan fingerprint density at radius 1 is 1.14 bits per heavy atom. The van der Waals surface area contributed by atoms with Crippen molar-refractivity contribution in [2.45, 2.75) is 41.8 Å². The maximum absolute atomic E-state index is 13.9. The van der Waals surface area contributed by atoms with Gasteiger partial charge in [0.2, 0.25) is 15.9 Å². The Morgan fingerprint density at radius 2 is 1.84 bits per heavy atom. The van der Waals surface area contributed by atoms with E-state index in [0.29, 0.717) is 13.0 Å². The van der Waals surface area contributed by atoms with E-state index in [-0.39, 0.29) is 34.1 Å². The molecule has 0 spiro atoms. The molecule has 0 bridgehead atoms. The lowest BCUT2D eigenvalue weighted by atomic mass is 10.1. The average Bonchev–Trinajstić information content (AvgIpc) is 3.60. The Bertz CT molecular complexity index is 1790. The number of primary amides is 1. The summed E-state index contributed by atoms with van der Waals surface area (Å²) >= 11 is 1.70. The van der Waals surface area contributed by atoms with Gasteiger partial charge in [-0.05, 0) is 47.0 Å². The molecule has 0 radical (unpaired) electrons. The number of fused-ring (bicyclic) bond motifs is 1. The van der Waals surface area contributed by atoms with Gasteiger partial charge in [-0.2, -0.15) is 21.3 Å². The summed E-state index contributed by atoms with van der Waals surface area (Å²) in [7, 11) is -2.21. The fourth-order valence-corrected chi connectivity index (χ4v) is 7.78. The number of rotatable bonds is 9. The van der Waals surface area contributed by atoms with Crippen LogP contribution in [0.1, 0.15) is 29.4 Å². The first-order chi connectivity index (χ1) is 21.0. The number of thioether (sulfide) groups is 1. The predicted octanol–water partition coefficient (Wildman–Crippen LogP) is 2.49. The van der Waals surface area contributed by atoms with Gasteiger partial charge in [0.05, 0.1) is 18.6 Å². The van der Waals surface area contributed by atoms with Crippen molar-refractivity contribution >= 4 is 50.2 Å². The Morgan fingerprint density at radius 3 is 2.43 bits per heavy atom. The standard InChI is InChI=1S/C26H28N6O4S2.C3H4N2O/c1-36-21-9-6-17(7-10-21)16-37-22-13-20(14-31-25(27)24(26(28)33)29-30-31)32(15-22)38(34,35)23-11-8-18-4-2-3-5-19(18)12-23;1-3(6)5-2-4/h2-12,20,22H,13-16,27H2,1H3,(H2,28,33);1H3,(H,5,6)/t20-,22+;/m0./s1. The maximum Gasteiger partial charge on any atom is 0.273 e. The number of nitrogens with two attached hydrogens (primary N) is 2. The van der Waals surface area contributed by atoms with Crippen molar-refractivity contribution in [2.24, 2.45) is 5.73 Å². The van der Waals surface area contributed by atoms with Gasteiger partial charge in [-0.1, -0.05) is 47.7 Å². The fourth-order valence-electron chi connectivity index (χ4n) is 4.73. The fraction of sp³-hybridized carbons (Fsp3) is 0.276. The quantitative estimate of drug-likeness (QED) is 0.181. The largest absolute Gasteiger partial charge is 0.497 e. The molecule has 13 nitrogen and oxygen atoms in total. The lowest BCUT2D eigenvalue weighted by Gasteiger charge is -2.24. The van der Waals surface area contributed by atoms with Crippen LogP contribution < -0.4 is 21.5 Å². The first kappa shape index (κ1) is 32.3. The molecule has 1 aliphatic rings. The smallest absolute Gasteiger partial charge is 0.273 e. The number of aromatic nitrogens is 3. The van der Waals surface area contributed by atoms with Crippen molar-refractivity contribution < 1.29 is 22.7 Å². The number of carbonyl (C=O) groups excluding carboxylic acids is 2. The zero-order valence-electron chi connectivity index (χ0n) is 24.1. The van der Waals surface area contributed by atoms with Crippen LogP contribution in [0.25, 0.3) is 10.8 Å². The summed E-state index contributed by atoms with van der Waals surface area (Å²) in [4.78, 5) is 21.5. The van der Waals surface area contributed by atoms with Gasteiger partial charge in [0.15, 0.2) is 17.7 Å². The van der Waals surface area contributed by atoms with Crippen LogP contribution >= 0.6 is 11.8 Å². The maximum atomic E-state index is 13.9. The summed E-state index contributed by atoms with van der Waals surface area (Å²) in [5.41, 5.74) is 12.4. The number of hydrogen-bond donors (Lipinski definition) is 3. The third-order valence-electron chi connectivity index (χ3n) is 6.92. The Balaban J connectivity index is 0.000000670. The van der Waals surface area contributed by atoms with Crippen LogP contribution in [0.4, 0.5) is 5.82 Å². The summed E-state index contributed by atoms with van der Waals surface area (Å²) in [5, 5.41) is 19.1. The van der Waals surface area contributed by atoms with Gasteiger partial charge >= 0.3 is 0 Å². The van der Waals surface area contributed by atoms with Crippen LogP contribution in [0.5, 0.6) is 5.75 Å². The second kappa shape index (κ2) is 14.2. The van der Waals surface area contributed by atoms with Crippen LogP contribution in [0.3, 0.4) is 0 Å². The number of methoxy groups -OCH3 is 1. The highest BCUT2D eigenvalue weighted by Gasteiger charge is 2.41. The number of ether oxygens (including phenoxy) is 1. The van der Waals surface area contributed by atoms with E-state index < -0.39 is 22.0 Å². The molecule has 15 heteroatoms.